The zero-order chi connectivity index (χ0) is 26.2. The molecule has 1 amide bonds. The summed E-state index contributed by atoms with van der Waals surface area (Å²) >= 11 is 0. The molecule has 0 saturated carbocycles. The second kappa shape index (κ2) is 9.55. The highest BCUT2D eigenvalue weighted by atomic mass is 19.4. The number of furan rings is 1. The van der Waals surface area contributed by atoms with E-state index in [1.54, 1.807) is 30.8 Å². The quantitative estimate of drug-likeness (QED) is 0.272. The van der Waals surface area contributed by atoms with E-state index < -0.39 is 17.6 Å². The molecule has 0 spiro atoms. The number of hydrogen-bond acceptors (Lipinski definition) is 5. The maximum Gasteiger partial charge on any atom is 0.416 e. The molecule has 4 heterocycles. The van der Waals surface area contributed by atoms with Crippen molar-refractivity contribution in [2.45, 2.75) is 6.18 Å². The van der Waals surface area contributed by atoms with E-state index in [-0.39, 0.29) is 11.3 Å². The number of benzene rings is 1. The Hall–Kier alpha value is -4.44. The molecule has 0 aliphatic carbocycles. The van der Waals surface area contributed by atoms with Crippen LogP contribution >= 0.6 is 0 Å². The number of alkyl halides is 3. The number of hydrogen-bond donors (Lipinski definition) is 2. The van der Waals surface area contributed by atoms with Gasteiger partial charge in [0.05, 0.1) is 11.8 Å². The van der Waals surface area contributed by atoms with Crippen LogP contribution in [0.1, 0.15) is 5.56 Å². The summed E-state index contributed by atoms with van der Waals surface area (Å²) in [5, 5.41) is 4.07. The Bertz CT molecular complexity index is 1630. The van der Waals surface area contributed by atoms with Crippen molar-refractivity contribution in [3.05, 3.63) is 79.0 Å². The Balaban J connectivity index is 1.56. The molecule has 5 rings (SSSR count). The average Bonchev–Trinajstić information content (AvgIpc) is 3.49. The molecule has 188 valence electrons. The second-order valence-corrected chi connectivity index (χ2v) is 8.77. The van der Waals surface area contributed by atoms with Crippen LogP contribution in [0.2, 0.25) is 0 Å². The summed E-state index contributed by atoms with van der Waals surface area (Å²) in [6.07, 6.45) is 4.80. The fraction of sp³-hybridized carbons (Fsp3) is 0.148. The van der Waals surface area contributed by atoms with E-state index in [9.17, 15) is 18.0 Å². The third kappa shape index (κ3) is 5.10. The van der Waals surface area contributed by atoms with Crippen molar-refractivity contribution in [3.63, 3.8) is 0 Å². The highest BCUT2D eigenvalue weighted by Gasteiger charge is 2.31. The van der Waals surface area contributed by atoms with Crippen LogP contribution in [-0.4, -0.2) is 46.4 Å². The highest BCUT2D eigenvalue weighted by Crippen LogP contribution is 2.38. The summed E-state index contributed by atoms with van der Waals surface area (Å²) in [5.41, 5.74) is 2.62. The molecule has 10 heteroatoms. The van der Waals surface area contributed by atoms with Gasteiger partial charge in [0, 0.05) is 58.8 Å². The number of nitrogens with one attached hydrogen (secondary N) is 2. The van der Waals surface area contributed by atoms with Crippen LogP contribution in [0, 0.1) is 0 Å². The van der Waals surface area contributed by atoms with E-state index in [0.29, 0.717) is 23.5 Å². The fourth-order valence-electron chi connectivity index (χ4n) is 4.08. The number of rotatable bonds is 6. The van der Waals surface area contributed by atoms with Crippen LogP contribution in [0.4, 0.5) is 18.9 Å². The van der Waals surface area contributed by atoms with Gasteiger partial charge in [-0.15, -0.1) is 0 Å². The number of aromatic nitrogens is 3. The molecule has 0 radical (unpaired) electrons. The molecule has 4 aromatic heterocycles. The van der Waals surface area contributed by atoms with E-state index in [2.05, 4.69) is 20.3 Å². The van der Waals surface area contributed by atoms with Crippen LogP contribution in [0.5, 0.6) is 0 Å². The van der Waals surface area contributed by atoms with E-state index >= 15 is 0 Å². The van der Waals surface area contributed by atoms with Gasteiger partial charge >= 0.3 is 6.18 Å². The molecule has 0 atom stereocenters. The minimum absolute atomic E-state index is 0.0351. The minimum Gasteiger partial charge on any atom is -0.446 e. The third-order valence-electron chi connectivity index (χ3n) is 5.79. The van der Waals surface area contributed by atoms with Crippen LogP contribution in [-0.2, 0) is 11.0 Å². The first kappa shape index (κ1) is 24.3. The SMILES string of the molecule is CN(C)C/C=C/C(=O)Nc1cc(-c2cnc3[nH]cc(-c4ccnc5occc45)c3c2)cc(C(F)(F)F)c1. The molecule has 1 aromatic carbocycles. The lowest BCUT2D eigenvalue weighted by molar-refractivity contribution is -0.137. The fourth-order valence-corrected chi connectivity index (χ4v) is 4.08. The molecule has 0 bridgehead atoms. The standard InChI is InChI=1S/C27H22F3N5O2/c1-35(2)8-3-4-24(36)34-19-11-16(10-18(13-19)27(28,29)30)17-12-22-23(15-33-25(22)32-14-17)20-5-7-31-26-21(20)6-9-37-26/h3-7,9-15H,8H2,1-2H3,(H,32,33)(H,34,36)/b4-3+. The third-order valence-corrected chi connectivity index (χ3v) is 5.79. The Kier molecular flexibility index (Phi) is 6.26. The second-order valence-electron chi connectivity index (χ2n) is 8.77. The van der Waals surface area contributed by atoms with Crippen LogP contribution in [0.3, 0.4) is 0 Å². The zero-order valence-electron chi connectivity index (χ0n) is 19.9. The monoisotopic (exact) mass is 505 g/mol. The van der Waals surface area contributed by atoms with Crippen LogP contribution in [0.15, 0.2) is 77.8 Å². The van der Waals surface area contributed by atoms with Gasteiger partial charge in [0.2, 0.25) is 11.6 Å². The number of H-pyrrole nitrogens is 1. The van der Waals surface area contributed by atoms with Crippen LogP contribution in [0.25, 0.3) is 44.4 Å². The Morgan fingerprint density at radius 3 is 2.70 bits per heavy atom. The van der Waals surface area contributed by atoms with Crippen molar-refractivity contribution < 1.29 is 22.4 Å². The first-order chi connectivity index (χ1) is 17.7. The lowest BCUT2D eigenvalue weighted by Crippen LogP contribution is -2.13. The number of fused-ring (bicyclic) bond motifs is 2. The summed E-state index contributed by atoms with van der Waals surface area (Å²) in [7, 11) is 3.68. The van der Waals surface area contributed by atoms with E-state index in [4.69, 9.17) is 4.42 Å². The maximum absolute atomic E-state index is 13.7. The molecule has 0 unspecified atom stereocenters. The molecule has 0 fully saturated rings. The molecule has 37 heavy (non-hydrogen) atoms. The van der Waals surface area contributed by atoms with E-state index in [0.717, 1.165) is 34.0 Å². The molecule has 7 nitrogen and oxygen atoms in total. The van der Waals surface area contributed by atoms with Gasteiger partial charge in [-0.1, -0.05) is 6.08 Å². The highest BCUT2D eigenvalue weighted by molar-refractivity contribution is 6.03. The van der Waals surface area contributed by atoms with E-state index in [1.165, 1.54) is 18.3 Å². The molecule has 0 aliphatic rings. The average molecular weight is 506 g/mol. The molecule has 2 N–H and O–H groups in total. The van der Waals surface area contributed by atoms with Gasteiger partial charge in [-0.05, 0) is 61.6 Å². The van der Waals surface area contributed by atoms with Crippen LogP contribution < -0.4 is 5.32 Å². The van der Waals surface area contributed by atoms with Gasteiger partial charge in [-0.3, -0.25) is 4.79 Å². The van der Waals surface area contributed by atoms with Gasteiger partial charge in [0.1, 0.15) is 5.65 Å². The summed E-state index contributed by atoms with van der Waals surface area (Å²) < 4.78 is 46.6. The summed E-state index contributed by atoms with van der Waals surface area (Å²) in [5.74, 6) is -0.518. The molecule has 0 aliphatic heterocycles. The van der Waals surface area contributed by atoms with Gasteiger partial charge < -0.3 is 19.6 Å². The molecule has 5 aromatic rings. The molecular formula is C27H22F3N5O2. The van der Waals surface area contributed by atoms with Gasteiger partial charge in [0.15, 0.2) is 0 Å². The normalized spacial score (nSPS) is 12.3. The van der Waals surface area contributed by atoms with Crippen molar-refractivity contribution in [2.24, 2.45) is 0 Å². The summed E-state index contributed by atoms with van der Waals surface area (Å²) in [4.78, 5) is 25.9. The van der Waals surface area contributed by atoms with Crippen molar-refractivity contribution >= 4 is 33.7 Å². The van der Waals surface area contributed by atoms with Crippen molar-refractivity contribution in [3.8, 4) is 22.3 Å². The number of amides is 1. The predicted octanol–water partition coefficient (Wildman–Crippen LogP) is 6.11. The Morgan fingerprint density at radius 2 is 1.92 bits per heavy atom. The summed E-state index contributed by atoms with van der Waals surface area (Å²) in [6.45, 7) is 0.522. The van der Waals surface area contributed by atoms with E-state index in [1.807, 2.05) is 31.1 Å². The first-order valence-corrected chi connectivity index (χ1v) is 11.3. The smallest absolute Gasteiger partial charge is 0.416 e. The van der Waals surface area contributed by atoms with Gasteiger partial charge in [-0.25, -0.2) is 9.97 Å². The van der Waals surface area contributed by atoms with Gasteiger partial charge in [0.25, 0.3) is 0 Å². The predicted molar refractivity (Wildman–Crippen MR) is 136 cm³/mol. The molecular weight excluding hydrogens is 483 g/mol. The number of aromatic amines is 1. The number of carbonyl (C=O) groups is 1. The molecule has 0 saturated heterocycles. The minimum atomic E-state index is -4.60. The Morgan fingerprint density at radius 1 is 1.08 bits per heavy atom. The van der Waals surface area contributed by atoms with Crippen molar-refractivity contribution in [1.82, 2.24) is 19.9 Å². The summed E-state index contributed by atoms with van der Waals surface area (Å²) in [6, 6.07) is 8.90. The lowest BCUT2D eigenvalue weighted by Gasteiger charge is -2.13. The topological polar surface area (TPSA) is 87.0 Å². The number of anilines is 1. The largest absolute Gasteiger partial charge is 0.446 e. The zero-order valence-corrected chi connectivity index (χ0v) is 19.9. The number of carbonyl (C=O) groups excluding carboxylic acids is 1. The van der Waals surface area contributed by atoms with Crippen molar-refractivity contribution in [2.75, 3.05) is 26.0 Å². The first-order valence-electron chi connectivity index (χ1n) is 11.3. The number of likely N-dealkylation sites (N-methyl/N-ethyl adjacent to an activating group) is 1. The van der Waals surface area contributed by atoms with Crippen molar-refractivity contribution in [1.29, 1.82) is 0 Å². The lowest BCUT2D eigenvalue weighted by atomic mass is 9.99. The number of halogens is 3. The number of pyridine rings is 2. The maximum atomic E-state index is 13.7. The Labute approximate surface area is 209 Å². The van der Waals surface area contributed by atoms with Gasteiger partial charge in [-0.2, -0.15) is 13.2 Å². The number of nitrogens with zero attached hydrogens (tertiary/aromatic N) is 3.